The number of rotatable bonds is 7. The number of nitrogens with one attached hydrogen (secondary N) is 1. The van der Waals surface area contributed by atoms with Gasteiger partial charge in [0.05, 0.1) is 4.90 Å². The smallest absolute Gasteiger partial charge is 0.260 e. The van der Waals surface area contributed by atoms with E-state index in [9.17, 15) is 13.2 Å². The van der Waals surface area contributed by atoms with Crippen LogP contribution >= 0.6 is 0 Å². The molecule has 0 bridgehead atoms. The number of anilines is 1. The van der Waals surface area contributed by atoms with Gasteiger partial charge in [0, 0.05) is 49.0 Å². The van der Waals surface area contributed by atoms with Crippen LogP contribution in [-0.2, 0) is 21.2 Å². The van der Waals surface area contributed by atoms with Gasteiger partial charge in [0.15, 0.2) is 6.61 Å². The molecule has 0 unspecified atom stereocenters. The van der Waals surface area contributed by atoms with Gasteiger partial charge in [-0.05, 0) is 61.0 Å². The van der Waals surface area contributed by atoms with Crippen molar-refractivity contribution < 1.29 is 17.9 Å². The summed E-state index contributed by atoms with van der Waals surface area (Å²) in [5.41, 5.74) is 8.72. The minimum Gasteiger partial charge on any atom is -0.484 e. The molecule has 1 amide bonds. The van der Waals surface area contributed by atoms with Gasteiger partial charge in [0.25, 0.3) is 5.91 Å². The summed E-state index contributed by atoms with van der Waals surface area (Å²) in [4.78, 5) is 19.8. The van der Waals surface area contributed by atoms with Gasteiger partial charge in [-0.3, -0.25) is 4.79 Å². The Labute approximate surface area is 187 Å². The standard InChI is InChI=1S/C22H27N5O4S/c23-8-7-16-14-25-21-6-3-18(13-20(16)21)31-15-22(28)27-11-9-26(10-12-27)17-1-4-19(5-2-17)32(24,29)30/h1-6,13-14,25H,7-12,15,23H2,(H2,24,29,30). The van der Waals surface area contributed by atoms with E-state index < -0.39 is 10.0 Å². The Kier molecular flexibility index (Phi) is 6.35. The maximum absolute atomic E-state index is 12.6. The largest absolute Gasteiger partial charge is 0.484 e. The van der Waals surface area contributed by atoms with Crippen molar-refractivity contribution >= 4 is 32.5 Å². The molecule has 0 aliphatic carbocycles. The number of benzene rings is 2. The third-order valence-corrected chi connectivity index (χ3v) is 6.61. The number of carbonyl (C=O) groups is 1. The normalized spacial score (nSPS) is 14.7. The molecule has 3 aromatic rings. The highest BCUT2D eigenvalue weighted by Gasteiger charge is 2.22. The summed E-state index contributed by atoms with van der Waals surface area (Å²) in [6.07, 6.45) is 2.73. The summed E-state index contributed by atoms with van der Waals surface area (Å²) in [6.45, 7) is 2.98. The van der Waals surface area contributed by atoms with Gasteiger partial charge < -0.3 is 25.3 Å². The highest BCUT2D eigenvalue weighted by Crippen LogP contribution is 2.24. The van der Waals surface area contributed by atoms with Crippen LogP contribution in [0.4, 0.5) is 5.69 Å². The number of fused-ring (bicyclic) bond motifs is 1. The molecule has 0 atom stereocenters. The van der Waals surface area contributed by atoms with E-state index >= 15 is 0 Å². The van der Waals surface area contributed by atoms with Crippen LogP contribution in [0.1, 0.15) is 5.56 Å². The minimum atomic E-state index is -3.71. The van der Waals surface area contributed by atoms with Gasteiger partial charge in [-0.2, -0.15) is 0 Å². The van der Waals surface area contributed by atoms with Gasteiger partial charge in [0.2, 0.25) is 10.0 Å². The molecule has 0 spiro atoms. The average molecular weight is 458 g/mol. The van der Waals surface area contributed by atoms with Crippen LogP contribution in [0.3, 0.4) is 0 Å². The fraction of sp³-hybridized carbons (Fsp3) is 0.318. The van der Waals surface area contributed by atoms with Crippen molar-refractivity contribution in [1.82, 2.24) is 9.88 Å². The number of piperazine rings is 1. The van der Waals surface area contributed by atoms with E-state index in [-0.39, 0.29) is 17.4 Å². The first-order valence-corrected chi connectivity index (χ1v) is 12.0. The molecule has 1 aliphatic heterocycles. The highest BCUT2D eigenvalue weighted by atomic mass is 32.2. The number of hydrogen-bond donors (Lipinski definition) is 3. The molecule has 0 radical (unpaired) electrons. The Morgan fingerprint density at radius 3 is 2.44 bits per heavy atom. The van der Waals surface area contributed by atoms with Gasteiger partial charge in [-0.1, -0.05) is 0 Å². The van der Waals surface area contributed by atoms with Gasteiger partial charge in [0.1, 0.15) is 5.75 Å². The summed E-state index contributed by atoms with van der Waals surface area (Å²) in [5, 5.41) is 6.20. The molecule has 32 heavy (non-hydrogen) atoms. The van der Waals surface area contributed by atoms with Crippen LogP contribution in [-0.4, -0.2) is 63.5 Å². The Morgan fingerprint density at radius 2 is 1.78 bits per heavy atom. The van der Waals surface area contributed by atoms with Crippen LogP contribution in [0.5, 0.6) is 5.75 Å². The van der Waals surface area contributed by atoms with Crippen LogP contribution in [0, 0.1) is 0 Å². The summed E-state index contributed by atoms with van der Waals surface area (Å²) >= 11 is 0. The monoisotopic (exact) mass is 457 g/mol. The maximum Gasteiger partial charge on any atom is 0.260 e. The van der Waals surface area contributed by atoms with Crippen molar-refractivity contribution in [1.29, 1.82) is 0 Å². The summed E-state index contributed by atoms with van der Waals surface area (Å²) in [6, 6.07) is 12.2. The second-order valence-electron chi connectivity index (χ2n) is 7.76. The highest BCUT2D eigenvalue weighted by molar-refractivity contribution is 7.89. The molecule has 1 aliphatic rings. The molecular weight excluding hydrogens is 430 g/mol. The van der Waals surface area contributed by atoms with E-state index in [0.717, 1.165) is 28.6 Å². The first-order chi connectivity index (χ1) is 15.3. The molecule has 4 rings (SSSR count). The number of hydrogen-bond acceptors (Lipinski definition) is 6. The third-order valence-electron chi connectivity index (χ3n) is 5.68. The zero-order chi connectivity index (χ0) is 22.7. The lowest BCUT2D eigenvalue weighted by Crippen LogP contribution is -2.50. The zero-order valence-electron chi connectivity index (χ0n) is 17.7. The van der Waals surface area contributed by atoms with E-state index in [2.05, 4.69) is 9.88 Å². The number of amides is 1. The lowest BCUT2D eigenvalue weighted by Gasteiger charge is -2.36. The fourth-order valence-electron chi connectivity index (χ4n) is 3.91. The predicted octanol–water partition coefficient (Wildman–Crippen LogP) is 1.04. The van der Waals surface area contributed by atoms with Crippen LogP contribution in [0.25, 0.3) is 10.9 Å². The Balaban J connectivity index is 1.31. The topological polar surface area (TPSA) is 135 Å². The lowest BCUT2D eigenvalue weighted by atomic mass is 10.1. The Bertz CT molecular complexity index is 1200. The quantitative estimate of drug-likeness (QED) is 0.485. The predicted molar refractivity (Wildman–Crippen MR) is 123 cm³/mol. The van der Waals surface area contributed by atoms with Crippen LogP contribution in [0.2, 0.25) is 0 Å². The van der Waals surface area contributed by atoms with Crippen LogP contribution < -0.4 is 20.5 Å². The molecule has 10 heteroatoms. The zero-order valence-corrected chi connectivity index (χ0v) is 18.5. The van der Waals surface area contributed by atoms with Crippen molar-refractivity contribution in [3.05, 3.63) is 54.2 Å². The second-order valence-corrected chi connectivity index (χ2v) is 9.32. The first-order valence-electron chi connectivity index (χ1n) is 10.4. The van der Waals surface area contributed by atoms with Crippen LogP contribution in [0.15, 0.2) is 53.6 Å². The van der Waals surface area contributed by atoms with E-state index in [0.29, 0.717) is 38.5 Å². The lowest BCUT2D eigenvalue weighted by molar-refractivity contribution is -0.133. The summed E-state index contributed by atoms with van der Waals surface area (Å²) in [5.74, 6) is 0.586. The Hall–Kier alpha value is -3.08. The number of nitrogens with two attached hydrogens (primary N) is 2. The molecule has 2 aromatic carbocycles. The Morgan fingerprint density at radius 1 is 1.06 bits per heavy atom. The van der Waals surface area contributed by atoms with Gasteiger partial charge >= 0.3 is 0 Å². The number of aromatic amines is 1. The number of ether oxygens (including phenoxy) is 1. The number of H-pyrrole nitrogens is 1. The number of primary sulfonamides is 1. The number of aromatic nitrogens is 1. The van der Waals surface area contributed by atoms with Crippen molar-refractivity contribution in [3.8, 4) is 5.75 Å². The van der Waals surface area contributed by atoms with E-state index in [4.69, 9.17) is 15.6 Å². The van der Waals surface area contributed by atoms with Crippen molar-refractivity contribution in [2.24, 2.45) is 10.9 Å². The third kappa shape index (κ3) is 4.87. The summed E-state index contributed by atoms with van der Waals surface area (Å²) in [7, 11) is -3.71. The molecule has 1 fully saturated rings. The first kappa shape index (κ1) is 22.1. The summed E-state index contributed by atoms with van der Waals surface area (Å²) < 4.78 is 28.6. The van der Waals surface area contributed by atoms with Crippen molar-refractivity contribution in [2.45, 2.75) is 11.3 Å². The van der Waals surface area contributed by atoms with Gasteiger partial charge in [-0.15, -0.1) is 0 Å². The average Bonchev–Trinajstić information content (AvgIpc) is 3.19. The SMILES string of the molecule is NCCc1c[nH]c2ccc(OCC(=O)N3CCN(c4ccc(S(N)(=O)=O)cc4)CC3)cc12. The van der Waals surface area contributed by atoms with Crippen molar-refractivity contribution in [2.75, 3.05) is 44.2 Å². The maximum atomic E-state index is 12.6. The molecule has 170 valence electrons. The molecule has 2 heterocycles. The van der Waals surface area contributed by atoms with E-state index in [1.165, 1.54) is 12.1 Å². The van der Waals surface area contributed by atoms with Gasteiger partial charge in [-0.25, -0.2) is 13.6 Å². The number of sulfonamides is 1. The molecule has 9 nitrogen and oxygen atoms in total. The molecule has 1 aromatic heterocycles. The molecule has 5 N–H and O–H groups in total. The number of nitrogens with zero attached hydrogens (tertiary/aromatic N) is 2. The van der Waals surface area contributed by atoms with E-state index in [1.807, 2.05) is 24.4 Å². The fourth-order valence-corrected chi connectivity index (χ4v) is 4.42. The molecule has 1 saturated heterocycles. The number of carbonyl (C=O) groups excluding carboxylic acids is 1. The molecule has 0 saturated carbocycles. The molecular formula is C22H27N5O4S. The van der Waals surface area contributed by atoms with Crippen molar-refractivity contribution in [3.63, 3.8) is 0 Å². The minimum absolute atomic E-state index is 0.0226. The second kappa shape index (κ2) is 9.19. The van der Waals surface area contributed by atoms with E-state index in [1.54, 1.807) is 17.0 Å².